The van der Waals surface area contributed by atoms with Gasteiger partial charge < -0.3 is 5.32 Å². The monoisotopic (exact) mass is 165 g/mol. The van der Waals surface area contributed by atoms with Crippen LogP contribution < -0.4 is 5.32 Å². The maximum Gasteiger partial charge on any atom is 0.252 e. The summed E-state index contributed by atoms with van der Waals surface area (Å²) in [6.07, 6.45) is 2.57. The summed E-state index contributed by atoms with van der Waals surface area (Å²) < 4.78 is 1.68. The van der Waals surface area contributed by atoms with Crippen LogP contribution in [0.3, 0.4) is 0 Å². The molecule has 5 heteroatoms. The molecule has 0 spiro atoms. The Bertz CT molecular complexity index is 272. The van der Waals surface area contributed by atoms with Crippen LogP contribution in [0.5, 0.6) is 0 Å². The van der Waals surface area contributed by atoms with Crippen molar-refractivity contribution in [3.8, 4) is 6.07 Å². The van der Waals surface area contributed by atoms with Gasteiger partial charge in [0.25, 0.3) is 5.82 Å². The number of nitrogens with zero attached hydrogens (tertiary/aromatic N) is 4. The van der Waals surface area contributed by atoms with Crippen LogP contribution in [0.4, 0.5) is 0 Å². The molecule has 1 rings (SSSR count). The molecule has 0 unspecified atom stereocenters. The number of hydrogen-bond donors (Lipinski definition) is 1. The van der Waals surface area contributed by atoms with Crippen molar-refractivity contribution in [1.82, 2.24) is 20.1 Å². The molecule has 5 nitrogen and oxygen atoms in total. The number of hydrogen-bond acceptors (Lipinski definition) is 4. The Kier molecular flexibility index (Phi) is 3.23. The number of nitrogens with one attached hydrogen (secondary N) is 1. The predicted molar refractivity (Wildman–Crippen MR) is 43.3 cm³/mol. The molecule has 0 bridgehead atoms. The van der Waals surface area contributed by atoms with E-state index in [0.29, 0.717) is 0 Å². The summed E-state index contributed by atoms with van der Waals surface area (Å²) in [6.45, 7) is 1.75. The minimum absolute atomic E-state index is 0.236. The third-order valence-electron chi connectivity index (χ3n) is 1.45. The van der Waals surface area contributed by atoms with E-state index in [4.69, 9.17) is 5.26 Å². The van der Waals surface area contributed by atoms with Crippen LogP contribution in [0.15, 0.2) is 6.33 Å². The molecule has 0 atom stereocenters. The molecular weight excluding hydrogens is 154 g/mol. The summed E-state index contributed by atoms with van der Waals surface area (Å²) >= 11 is 0. The molecule has 0 radical (unpaired) electrons. The van der Waals surface area contributed by atoms with Crippen LogP contribution in [0.25, 0.3) is 0 Å². The largest absolute Gasteiger partial charge is 0.320 e. The van der Waals surface area contributed by atoms with E-state index in [2.05, 4.69) is 15.4 Å². The average molecular weight is 165 g/mol. The van der Waals surface area contributed by atoms with Crippen LogP contribution in [-0.4, -0.2) is 28.4 Å². The first-order valence-corrected chi connectivity index (χ1v) is 3.81. The normalized spacial score (nSPS) is 9.67. The van der Waals surface area contributed by atoms with Gasteiger partial charge in [-0.15, -0.1) is 5.10 Å². The molecule has 1 N–H and O–H groups in total. The molecule has 12 heavy (non-hydrogen) atoms. The summed E-state index contributed by atoms with van der Waals surface area (Å²) in [5, 5.41) is 15.4. The number of nitriles is 1. The lowest BCUT2D eigenvalue weighted by Crippen LogP contribution is -2.11. The molecule has 0 aliphatic heterocycles. The highest BCUT2D eigenvalue weighted by molar-refractivity contribution is 5.05. The molecule has 0 amide bonds. The van der Waals surface area contributed by atoms with Gasteiger partial charge in [-0.2, -0.15) is 5.26 Å². The van der Waals surface area contributed by atoms with Crippen molar-refractivity contribution in [2.75, 3.05) is 13.6 Å². The topological polar surface area (TPSA) is 66.5 Å². The summed E-state index contributed by atoms with van der Waals surface area (Å²) in [6, 6.07) is 1.88. The van der Waals surface area contributed by atoms with Gasteiger partial charge in [0.2, 0.25) is 0 Å². The molecular formula is C7H11N5. The Labute approximate surface area is 71.0 Å². The van der Waals surface area contributed by atoms with Gasteiger partial charge in [0.1, 0.15) is 12.4 Å². The smallest absolute Gasteiger partial charge is 0.252 e. The Morgan fingerprint density at radius 2 is 2.58 bits per heavy atom. The maximum atomic E-state index is 8.42. The summed E-state index contributed by atoms with van der Waals surface area (Å²) in [5.74, 6) is 0.236. The number of rotatable bonds is 4. The fraction of sp³-hybridized carbons (Fsp3) is 0.571. The molecule has 0 aliphatic rings. The lowest BCUT2D eigenvalue weighted by atomic mass is 10.4. The standard InChI is InChI=1S/C7H11N5/c1-9-3-2-4-12-6-10-7(5-8)11-12/h6,9H,2-4H2,1H3. The van der Waals surface area contributed by atoms with Crippen molar-refractivity contribution in [2.45, 2.75) is 13.0 Å². The summed E-state index contributed by atoms with van der Waals surface area (Å²) in [5.41, 5.74) is 0. The molecule has 1 heterocycles. The quantitative estimate of drug-likeness (QED) is 0.625. The van der Waals surface area contributed by atoms with Crippen LogP contribution in [0.1, 0.15) is 12.2 Å². The van der Waals surface area contributed by atoms with E-state index in [1.165, 1.54) is 0 Å². The molecule has 1 aromatic rings. The Balaban J connectivity index is 2.38. The van der Waals surface area contributed by atoms with Crippen molar-refractivity contribution < 1.29 is 0 Å². The fourth-order valence-electron chi connectivity index (χ4n) is 0.871. The second-order valence-corrected chi connectivity index (χ2v) is 2.40. The third-order valence-corrected chi connectivity index (χ3v) is 1.45. The van der Waals surface area contributed by atoms with E-state index in [9.17, 15) is 0 Å². The second kappa shape index (κ2) is 4.46. The van der Waals surface area contributed by atoms with Gasteiger partial charge in [0.05, 0.1) is 0 Å². The highest BCUT2D eigenvalue weighted by atomic mass is 15.3. The van der Waals surface area contributed by atoms with Crippen LogP contribution in [0, 0.1) is 11.3 Å². The summed E-state index contributed by atoms with van der Waals surface area (Å²) in [7, 11) is 1.90. The summed E-state index contributed by atoms with van der Waals surface area (Å²) in [4.78, 5) is 3.78. The molecule has 0 fully saturated rings. The van der Waals surface area contributed by atoms with E-state index < -0.39 is 0 Å². The van der Waals surface area contributed by atoms with Gasteiger partial charge in [-0.05, 0) is 20.0 Å². The first-order chi connectivity index (χ1) is 5.86. The van der Waals surface area contributed by atoms with Gasteiger partial charge in [-0.25, -0.2) is 4.98 Å². The molecule has 64 valence electrons. The molecule has 0 aromatic carbocycles. The van der Waals surface area contributed by atoms with Gasteiger partial charge in [0.15, 0.2) is 0 Å². The van der Waals surface area contributed by atoms with E-state index >= 15 is 0 Å². The second-order valence-electron chi connectivity index (χ2n) is 2.40. The minimum atomic E-state index is 0.236. The first kappa shape index (κ1) is 8.68. The van der Waals surface area contributed by atoms with E-state index in [-0.39, 0.29) is 5.82 Å². The lowest BCUT2D eigenvalue weighted by Gasteiger charge is -1.98. The SMILES string of the molecule is CNCCCn1cnc(C#N)n1. The maximum absolute atomic E-state index is 8.42. The Morgan fingerprint density at radius 1 is 1.75 bits per heavy atom. The molecule has 0 aliphatic carbocycles. The van der Waals surface area contributed by atoms with Gasteiger partial charge >= 0.3 is 0 Å². The number of aryl methyl sites for hydroxylation is 1. The average Bonchev–Trinajstić information content (AvgIpc) is 2.53. The molecule has 1 aromatic heterocycles. The van der Waals surface area contributed by atoms with Crippen molar-refractivity contribution >= 4 is 0 Å². The van der Waals surface area contributed by atoms with Crippen molar-refractivity contribution in [3.05, 3.63) is 12.2 Å². The van der Waals surface area contributed by atoms with Crippen LogP contribution >= 0.6 is 0 Å². The first-order valence-electron chi connectivity index (χ1n) is 3.81. The molecule has 0 saturated carbocycles. The third kappa shape index (κ3) is 2.32. The predicted octanol–water partition coefficient (Wildman–Crippen LogP) is -0.241. The number of aromatic nitrogens is 3. The van der Waals surface area contributed by atoms with Crippen molar-refractivity contribution in [1.29, 1.82) is 5.26 Å². The Morgan fingerprint density at radius 3 is 3.17 bits per heavy atom. The fourth-order valence-corrected chi connectivity index (χ4v) is 0.871. The van der Waals surface area contributed by atoms with Gasteiger partial charge in [0, 0.05) is 6.54 Å². The lowest BCUT2D eigenvalue weighted by molar-refractivity contribution is 0.560. The van der Waals surface area contributed by atoms with E-state index in [1.54, 1.807) is 11.0 Å². The van der Waals surface area contributed by atoms with Crippen LogP contribution in [-0.2, 0) is 6.54 Å². The highest BCUT2D eigenvalue weighted by Crippen LogP contribution is 1.89. The zero-order chi connectivity index (χ0) is 8.81. The zero-order valence-electron chi connectivity index (χ0n) is 6.99. The van der Waals surface area contributed by atoms with Crippen molar-refractivity contribution in [3.63, 3.8) is 0 Å². The zero-order valence-corrected chi connectivity index (χ0v) is 6.99. The Hall–Kier alpha value is -1.41. The minimum Gasteiger partial charge on any atom is -0.320 e. The van der Waals surface area contributed by atoms with E-state index in [0.717, 1.165) is 19.5 Å². The van der Waals surface area contributed by atoms with Crippen molar-refractivity contribution in [2.24, 2.45) is 0 Å². The van der Waals surface area contributed by atoms with Gasteiger partial charge in [-0.1, -0.05) is 0 Å². The molecule has 0 saturated heterocycles. The van der Waals surface area contributed by atoms with Crippen LogP contribution in [0.2, 0.25) is 0 Å². The van der Waals surface area contributed by atoms with E-state index in [1.807, 2.05) is 13.1 Å². The highest BCUT2D eigenvalue weighted by Gasteiger charge is 1.96. The van der Waals surface area contributed by atoms with Gasteiger partial charge in [-0.3, -0.25) is 4.68 Å².